The van der Waals surface area contributed by atoms with Crippen molar-refractivity contribution in [1.29, 1.82) is 0 Å². The maximum Gasteiger partial charge on any atom is 0.273 e. The molecule has 0 aliphatic rings. The average molecular weight is 737 g/mol. The van der Waals surface area contributed by atoms with E-state index < -0.39 is 49.9 Å². The van der Waals surface area contributed by atoms with Crippen molar-refractivity contribution in [2.75, 3.05) is 31.6 Å². The van der Waals surface area contributed by atoms with Crippen molar-refractivity contribution in [3.8, 4) is 11.5 Å². The molecule has 4 aromatic rings. The van der Waals surface area contributed by atoms with Crippen LogP contribution >= 0.6 is 11.6 Å². The lowest BCUT2D eigenvalue weighted by Gasteiger charge is -2.34. The number of ether oxygens (including phenoxy) is 2. The summed E-state index contributed by atoms with van der Waals surface area (Å²) in [4.78, 5) is 40.8. The van der Waals surface area contributed by atoms with E-state index >= 15 is 0 Å². The minimum atomic E-state index is -4.69. The number of carbonyl (C=O) groups excluding carboxylic acids is 2. The molecule has 1 atom stereocenters. The Hall–Kier alpha value is -5.14. The first-order valence-electron chi connectivity index (χ1n) is 16.2. The van der Waals surface area contributed by atoms with Crippen LogP contribution in [0.4, 0.5) is 11.4 Å². The molecule has 270 valence electrons. The van der Waals surface area contributed by atoms with E-state index in [1.807, 2.05) is 37.3 Å². The van der Waals surface area contributed by atoms with Crippen LogP contribution in [0.15, 0.2) is 95.9 Å². The van der Waals surface area contributed by atoms with Crippen LogP contribution in [0.25, 0.3) is 0 Å². The fourth-order valence-corrected chi connectivity index (χ4v) is 7.08. The molecule has 14 heteroatoms. The third kappa shape index (κ3) is 9.77. The standard InChI is InChI=1S/C37H41ClN4O8S/c1-5-6-19-39-37(44)34(21-27-11-8-7-9-12-27)40(24-28-13-10-14-30(20-28)49-3)36(43)25-41(33-22-29(38)16-18-35(33)50-4)51(47,48)31-17-15-26(2)32(23-31)42(45)46/h7-18,20,22-23,34H,5-6,19,21,24-25H2,1-4H3,(H,39,44). The molecule has 0 aliphatic carbocycles. The number of nitro benzene ring substituents is 1. The van der Waals surface area contributed by atoms with E-state index in [1.54, 1.807) is 24.3 Å². The second-order valence-electron chi connectivity index (χ2n) is 11.8. The highest BCUT2D eigenvalue weighted by atomic mass is 35.5. The highest BCUT2D eigenvalue weighted by Crippen LogP contribution is 2.36. The third-order valence-electron chi connectivity index (χ3n) is 8.24. The Morgan fingerprint density at radius 3 is 2.33 bits per heavy atom. The van der Waals surface area contributed by atoms with Gasteiger partial charge in [-0.1, -0.05) is 73.5 Å². The maximum absolute atomic E-state index is 14.8. The fraction of sp³-hybridized carbons (Fsp3) is 0.297. The maximum atomic E-state index is 14.8. The number of nitrogens with zero attached hydrogens (tertiary/aromatic N) is 3. The summed E-state index contributed by atoms with van der Waals surface area (Å²) in [5.74, 6) is -0.528. The summed E-state index contributed by atoms with van der Waals surface area (Å²) in [6.45, 7) is 2.98. The largest absolute Gasteiger partial charge is 0.497 e. The van der Waals surface area contributed by atoms with E-state index in [1.165, 1.54) is 56.4 Å². The summed E-state index contributed by atoms with van der Waals surface area (Å²) < 4.78 is 40.7. The zero-order valence-electron chi connectivity index (χ0n) is 28.9. The Balaban J connectivity index is 1.89. The Bertz CT molecular complexity index is 1960. The van der Waals surface area contributed by atoms with Gasteiger partial charge in [0.1, 0.15) is 24.1 Å². The third-order valence-corrected chi connectivity index (χ3v) is 10.2. The molecule has 0 aromatic heterocycles. The van der Waals surface area contributed by atoms with Crippen molar-refractivity contribution in [3.05, 3.63) is 123 Å². The number of unbranched alkanes of at least 4 members (excludes halogenated alkanes) is 1. The summed E-state index contributed by atoms with van der Waals surface area (Å²) in [7, 11) is -1.84. The van der Waals surface area contributed by atoms with Gasteiger partial charge < -0.3 is 19.7 Å². The van der Waals surface area contributed by atoms with Crippen molar-refractivity contribution >= 4 is 44.8 Å². The van der Waals surface area contributed by atoms with Crippen LogP contribution in [0.5, 0.6) is 11.5 Å². The van der Waals surface area contributed by atoms with Gasteiger partial charge in [0.25, 0.3) is 15.7 Å². The Labute approximate surface area is 303 Å². The topological polar surface area (TPSA) is 148 Å². The summed E-state index contributed by atoms with van der Waals surface area (Å²) in [6.07, 6.45) is 1.68. The zero-order chi connectivity index (χ0) is 37.1. The monoisotopic (exact) mass is 736 g/mol. The molecule has 51 heavy (non-hydrogen) atoms. The molecule has 4 rings (SSSR count). The highest BCUT2D eigenvalue weighted by molar-refractivity contribution is 7.92. The normalized spacial score (nSPS) is 11.7. The second kappa shape index (κ2) is 17.7. The van der Waals surface area contributed by atoms with Gasteiger partial charge in [-0.2, -0.15) is 0 Å². The lowest BCUT2D eigenvalue weighted by Crippen LogP contribution is -2.53. The van der Waals surface area contributed by atoms with Gasteiger partial charge in [0.05, 0.1) is 29.7 Å². The van der Waals surface area contributed by atoms with Crippen LogP contribution in [-0.4, -0.2) is 63.4 Å². The van der Waals surface area contributed by atoms with Crippen LogP contribution in [0, 0.1) is 17.0 Å². The molecule has 0 radical (unpaired) electrons. The number of nitrogens with one attached hydrogen (secondary N) is 1. The number of aryl methyl sites for hydroxylation is 1. The van der Waals surface area contributed by atoms with E-state index in [2.05, 4.69) is 5.32 Å². The first-order chi connectivity index (χ1) is 24.4. The molecule has 0 spiro atoms. The number of hydrogen-bond acceptors (Lipinski definition) is 8. The molecular weight excluding hydrogens is 696 g/mol. The molecule has 0 saturated heterocycles. The Kier molecular flexibility index (Phi) is 13.4. The molecule has 0 fully saturated rings. The van der Waals surface area contributed by atoms with Crippen molar-refractivity contribution in [1.82, 2.24) is 10.2 Å². The van der Waals surface area contributed by atoms with Gasteiger partial charge in [-0.15, -0.1) is 0 Å². The summed E-state index contributed by atoms with van der Waals surface area (Å²) in [6, 6.07) is 22.9. The van der Waals surface area contributed by atoms with Crippen LogP contribution < -0.4 is 19.1 Å². The molecule has 0 saturated carbocycles. The molecule has 0 bridgehead atoms. The first kappa shape index (κ1) is 38.7. The number of nitro groups is 1. The Morgan fingerprint density at radius 1 is 0.941 bits per heavy atom. The molecule has 1 N–H and O–H groups in total. The van der Waals surface area contributed by atoms with Gasteiger partial charge in [-0.3, -0.25) is 24.0 Å². The van der Waals surface area contributed by atoms with Crippen LogP contribution in [0.3, 0.4) is 0 Å². The van der Waals surface area contributed by atoms with Gasteiger partial charge in [0.2, 0.25) is 11.8 Å². The van der Waals surface area contributed by atoms with Gasteiger partial charge in [-0.05, 0) is 60.9 Å². The smallest absolute Gasteiger partial charge is 0.273 e. The average Bonchev–Trinajstić information content (AvgIpc) is 3.12. The van der Waals surface area contributed by atoms with E-state index in [-0.39, 0.29) is 35.0 Å². The minimum Gasteiger partial charge on any atom is -0.497 e. The summed E-state index contributed by atoms with van der Waals surface area (Å²) in [5, 5.41) is 14.9. The van der Waals surface area contributed by atoms with E-state index in [9.17, 15) is 28.1 Å². The predicted molar refractivity (Wildman–Crippen MR) is 196 cm³/mol. The SMILES string of the molecule is CCCCNC(=O)C(Cc1ccccc1)N(Cc1cccc(OC)c1)C(=O)CN(c1cc(Cl)ccc1OC)S(=O)(=O)c1ccc(C)c([N+](=O)[O-])c1. The number of sulfonamides is 1. The van der Waals surface area contributed by atoms with Crippen molar-refractivity contribution in [2.24, 2.45) is 0 Å². The summed E-state index contributed by atoms with van der Waals surface area (Å²) in [5.41, 5.74) is 1.18. The van der Waals surface area contributed by atoms with Crippen LogP contribution in [-0.2, 0) is 32.6 Å². The minimum absolute atomic E-state index is 0.0742. The molecule has 2 amide bonds. The number of carbonyl (C=O) groups is 2. The molecule has 1 unspecified atom stereocenters. The van der Waals surface area contributed by atoms with Crippen molar-refractivity contribution < 1.29 is 32.4 Å². The zero-order valence-corrected chi connectivity index (χ0v) is 30.4. The van der Waals surface area contributed by atoms with Gasteiger partial charge in [0, 0.05) is 36.2 Å². The van der Waals surface area contributed by atoms with E-state index in [4.69, 9.17) is 21.1 Å². The molecule has 4 aromatic carbocycles. The highest BCUT2D eigenvalue weighted by Gasteiger charge is 2.36. The van der Waals surface area contributed by atoms with Gasteiger partial charge in [0.15, 0.2) is 0 Å². The van der Waals surface area contributed by atoms with E-state index in [0.29, 0.717) is 17.9 Å². The molecular formula is C37H41ClN4O8S. The lowest BCUT2D eigenvalue weighted by atomic mass is 10.0. The van der Waals surface area contributed by atoms with E-state index in [0.717, 1.165) is 28.8 Å². The predicted octanol–water partition coefficient (Wildman–Crippen LogP) is 6.33. The number of amides is 2. The summed E-state index contributed by atoms with van der Waals surface area (Å²) >= 11 is 6.35. The number of methoxy groups -OCH3 is 2. The number of hydrogen-bond donors (Lipinski definition) is 1. The second-order valence-corrected chi connectivity index (χ2v) is 14.1. The Morgan fingerprint density at radius 2 is 1.67 bits per heavy atom. The van der Waals surface area contributed by atoms with Crippen LogP contribution in [0.1, 0.15) is 36.5 Å². The van der Waals surface area contributed by atoms with Crippen molar-refractivity contribution in [3.63, 3.8) is 0 Å². The molecule has 0 aliphatic heterocycles. The number of halogens is 1. The van der Waals surface area contributed by atoms with Crippen LogP contribution in [0.2, 0.25) is 5.02 Å². The first-order valence-corrected chi connectivity index (χ1v) is 18.1. The number of anilines is 1. The van der Waals surface area contributed by atoms with Gasteiger partial charge >= 0.3 is 0 Å². The fourth-order valence-electron chi connectivity index (χ4n) is 5.47. The molecule has 12 nitrogen and oxygen atoms in total. The number of rotatable bonds is 17. The van der Waals surface area contributed by atoms with Gasteiger partial charge in [-0.25, -0.2) is 8.42 Å². The quantitative estimate of drug-likeness (QED) is 0.0752. The lowest BCUT2D eigenvalue weighted by molar-refractivity contribution is -0.385. The number of benzene rings is 4. The molecule has 0 heterocycles. The van der Waals surface area contributed by atoms with Crippen molar-refractivity contribution in [2.45, 2.75) is 50.6 Å².